The van der Waals surface area contributed by atoms with Crippen LogP contribution in [0.25, 0.3) is 0 Å². The van der Waals surface area contributed by atoms with Gasteiger partial charge in [-0.05, 0) is 0 Å². The van der Waals surface area contributed by atoms with Gasteiger partial charge in [0.2, 0.25) is 0 Å². The van der Waals surface area contributed by atoms with E-state index in [1.54, 1.807) is 0 Å². The molecule has 0 spiro atoms. The molecule has 0 amide bonds. The molecular weight excluding hydrogens is 370 g/mol. The maximum Gasteiger partial charge on any atom is 0 e. The van der Waals surface area contributed by atoms with E-state index in [1.807, 2.05) is 6.61 Å². The van der Waals surface area contributed by atoms with Gasteiger partial charge in [0, 0.05) is 17.4 Å². The molecule has 0 atom stereocenters. The Morgan fingerprint density at radius 2 is 0.917 bits per heavy atom. The molecule has 0 aromatic carbocycles. The fourth-order valence-corrected chi connectivity index (χ4v) is 0.459. The van der Waals surface area contributed by atoms with Gasteiger partial charge in [0.1, 0.15) is 0 Å². The van der Waals surface area contributed by atoms with E-state index in [0.29, 0.717) is 5.20 Å². The van der Waals surface area contributed by atoms with Gasteiger partial charge in [0.15, 0.2) is 0 Å². The zero-order valence-corrected chi connectivity index (χ0v) is 17.3. The minimum Gasteiger partial charge on any atom is 0 e. The second-order valence-corrected chi connectivity index (χ2v) is 10.6. The van der Waals surface area contributed by atoms with Gasteiger partial charge in [-0.15, -0.1) is 13.2 Å². The zero-order valence-electron chi connectivity index (χ0n) is 15.0. The Morgan fingerprint density at radius 1 is 0.792 bits per heavy atom. The first-order chi connectivity index (χ1) is 10.5. The molecule has 0 aliphatic rings. The van der Waals surface area contributed by atoms with E-state index in [9.17, 15) is 5.11 Å². The van der Waals surface area contributed by atoms with Crippen LogP contribution in [0.2, 0.25) is 19.6 Å². The third-order valence-corrected chi connectivity index (χ3v) is 2.94. The van der Waals surface area contributed by atoms with E-state index in [0.717, 1.165) is 4.48 Å². The Kier molecular flexibility index (Phi) is 89.0. The first kappa shape index (κ1) is 49.5. The van der Waals surface area contributed by atoms with Crippen LogP contribution < -0.4 is 5.11 Å². The molecule has 0 N–H and O–H groups in total. The van der Waals surface area contributed by atoms with Crippen molar-refractivity contribution in [1.29, 1.82) is 0 Å². The fraction of sp³-hybridized carbons (Fsp3) is 0.467. The smallest absolute Gasteiger partial charge is 0 e. The number of hydrogen-bond acceptors (Lipinski definition) is 1. The molecule has 0 saturated carbocycles. The summed E-state index contributed by atoms with van der Waals surface area (Å²) >= 11 is 0. The SMILES string of the molecule is C=C([C][O-])[Si](C)(C)C.C[N+](C)(C)C.[C-]#[O+].[C-]#[O+].[C-]#[O+].[C-]#[O+].[C-]#[O+].[Cr]. The molecule has 0 aromatic heterocycles. The maximum atomic E-state index is 9.96. The van der Waals surface area contributed by atoms with Gasteiger partial charge in [-0.25, -0.2) is 0 Å². The summed E-state index contributed by atoms with van der Waals surface area (Å²) < 4.78 is 38.5. The molecule has 0 unspecified atom stereocenters. The molecule has 134 valence electrons. The average Bonchev–Trinajstić information content (AvgIpc) is 2.53. The molecular formula is C15H23CrNO6Si. The first-order valence-corrected chi connectivity index (χ1v) is 8.87. The van der Waals surface area contributed by atoms with Crippen molar-refractivity contribution in [3.8, 4) is 0 Å². The Balaban J connectivity index is -0.0000000233. The summed E-state index contributed by atoms with van der Waals surface area (Å²) in [5.41, 5.74) is 0. The second-order valence-electron chi connectivity index (χ2n) is 5.51. The molecule has 0 aliphatic heterocycles. The Hall–Kier alpha value is -0.891. The zero-order chi connectivity index (χ0) is 21.3. The number of nitrogens with zero attached hydrogens (tertiary/aromatic N) is 1. The third-order valence-electron chi connectivity index (χ3n) is 1.03. The van der Waals surface area contributed by atoms with Crippen LogP contribution in [0.5, 0.6) is 0 Å². The van der Waals surface area contributed by atoms with Gasteiger partial charge in [-0.3, -0.25) is 0 Å². The monoisotopic (exact) mass is 393 g/mol. The minimum atomic E-state index is -1.38. The van der Waals surface area contributed by atoms with Crippen LogP contribution in [0.15, 0.2) is 11.8 Å². The van der Waals surface area contributed by atoms with Crippen LogP contribution in [-0.4, -0.2) is 40.7 Å². The summed E-state index contributed by atoms with van der Waals surface area (Å²) in [7, 11) is 7.12. The molecule has 0 saturated heterocycles. The molecule has 24 heavy (non-hydrogen) atoms. The first-order valence-electron chi connectivity index (χ1n) is 5.37. The van der Waals surface area contributed by atoms with Gasteiger partial charge in [-0.2, -0.15) is 0 Å². The Labute approximate surface area is 158 Å². The number of hydrogen-bond donors (Lipinski definition) is 0. The van der Waals surface area contributed by atoms with E-state index in [2.05, 4.69) is 87.7 Å². The van der Waals surface area contributed by atoms with Gasteiger partial charge >= 0.3 is 56.5 Å². The number of rotatable bonds is 2. The van der Waals surface area contributed by atoms with Gasteiger partial charge in [-0.1, -0.05) is 24.8 Å². The average molecular weight is 393 g/mol. The largest absolute Gasteiger partial charge is 0 e. The summed E-state index contributed by atoms with van der Waals surface area (Å²) in [6.45, 7) is 34.1. The van der Waals surface area contributed by atoms with Crippen molar-refractivity contribution in [2.24, 2.45) is 0 Å². The predicted octanol–water partition coefficient (Wildman–Crippen LogP) is 0.951. The van der Waals surface area contributed by atoms with Crippen LogP contribution in [0.3, 0.4) is 0 Å². The summed E-state index contributed by atoms with van der Waals surface area (Å²) in [6, 6.07) is 0. The van der Waals surface area contributed by atoms with E-state index in [-0.39, 0.29) is 17.4 Å². The van der Waals surface area contributed by atoms with Crippen LogP contribution in [-0.2, 0) is 40.6 Å². The van der Waals surface area contributed by atoms with Crippen molar-refractivity contribution >= 4 is 8.07 Å². The van der Waals surface area contributed by atoms with Crippen molar-refractivity contribution in [3.63, 3.8) is 0 Å². The molecule has 0 aliphatic carbocycles. The van der Waals surface area contributed by atoms with E-state index >= 15 is 0 Å². The Bertz CT molecular complexity index is 294. The van der Waals surface area contributed by atoms with Crippen LogP contribution in [0, 0.1) is 39.9 Å². The van der Waals surface area contributed by atoms with Crippen molar-refractivity contribution in [3.05, 3.63) is 51.6 Å². The van der Waals surface area contributed by atoms with E-state index < -0.39 is 8.07 Å². The standard InChI is InChI=1S/C6H11OSi.C4H12N.5CO.Cr/c1-6(5-7)8(2,3)4;1-5(2,3)4;5*1-2;/h1H2,2-4H3;1-4H3;;;;;;/q-1;+1;;;;;;. The molecule has 0 fully saturated rings. The van der Waals surface area contributed by atoms with Crippen molar-refractivity contribution in [1.82, 2.24) is 0 Å². The maximum absolute atomic E-state index is 9.96. The van der Waals surface area contributed by atoms with Crippen LogP contribution in [0.4, 0.5) is 0 Å². The van der Waals surface area contributed by atoms with Crippen LogP contribution >= 0.6 is 0 Å². The molecule has 0 rings (SSSR count). The molecule has 0 heterocycles. The Morgan fingerprint density at radius 3 is 0.917 bits per heavy atom. The summed E-state index contributed by atoms with van der Waals surface area (Å²) in [6.07, 6.45) is 0. The fourth-order valence-electron chi connectivity index (χ4n) is 0.153. The van der Waals surface area contributed by atoms with Gasteiger partial charge in [0.25, 0.3) is 0 Å². The predicted molar refractivity (Wildman–Crippen MR) is 79.3 cm³/mol. The van der Waals surface area contributed by atoms with Crippen LogP contribution in [0.1, 0.15) is 0 Å². The summed E-state index contributed by atoms with van der Waals surface area (Å²) in [5, 5.41) is 10.6. The second kappa shape index (κ2) is 43.2. The third kappa shape index (κ3) is 169. The molecule has 7 nitrogen and oxygen atoms in total. The molecule has 9 heteroatoms. The quantitative estimate of drug-likeness (QED) is 0.295. The minimum absolute atomic E-state index is 0. The topological polar surface area (TPSA) is 123 Å². The van der Waals surface area contributed by atoms with Gasteiger partial charge < -0.3 is 9.59 Å². The molecule has 0 aromatic rings. The number of quaternary nitrogens is 1. The molecule has 0 bridgehead atoms. The normalized spacial score (nSPS) is 6.75. The van der Waals surface area contributed by atoms with E-state index in [1.165, 1.54) is 0 Å². The van der Waals surface area contributed by atoms with Crippen molar-refractivity contribution in [2.75, 3.05) is 28.2 Å². The van der Waals surface area contributed by atoms with Crippen molar-refractivity contribution in [2.45, 2.75) is 19.6 Å². The van der Waals surface area contributed by atoms with Crippen molar-refractivity contribution < 1.29 is 50.2 Å². The summed E-state index contributed by atoms with van der Waals surface area (Å²) in [5.74, 6) is 0. The van der Waals surface area contributed by atoms with E-state index in [4.69, 9.17) is 23.3 Å². The summed E-state index contributed by atoms with van der Waals surface area (Å²) in [4.78, 5) is 0. The van der Waals surface area contributed by atoms with Gasteiger partial charge in [0.05, 0.1) is 36.3 Å². The molecule has 2 radical (unpaired) electrons.